The number of hydrogen-bond donors (Lipinski definition) is 0. The predicted octanol–water partition coefficient (Wildman–Crippen LogP) is -0.0214. The molecule has 0 aliphatic carbocycles. The van der Waals surface area contributed by atoms with Gasteiger partial charge < -0.3 is 14.7 Å². The summed E-state index contributed by atoms with van der Waals surface area (Å²) in [4.78, 5) is 18.2. The number of rotatable bonds is 3. The molecule has 3 rings (SSSR count). The molecule has 0 unspecified atom stereocenters. The minimum Gasteiger partial charge on any atom is -0.353 e. The summed E-state index contributed by atoms with van der Waals surface area (Å²) >= 11 is 0. The second-order valence-corrected chi connectivity index (χ2v) is 6.01. The van der Waals surface area contributed by atoms with Crippen LogP contribution in [0.1, 0.15) is 0 Å². The summed E-state index contributed by atoms with van der Waals surface area (Å²) in [5, 5.41) is 0. The van der Waals surface area contributed by atoms with Crippen molar-refractivity contribution in [3.63, 3.8) is 0 Å². The van der Waals surface area contributed by atoms with Gasteiger partial charge in [0, 0.05) is 65.6 Å². The largest absolute Gasteiger partial charge is 0.353 e. The van der Waals surface area contributed by atoms with Crippen molar-refractivity contribution in [2.45, 2.75) is 6.04 Å². The third-order valence-corrected chi connectivity index (χ3v) is 4.27. The lowest BCUT2D eigenvalue weighted by Gasteiger charge is -2.48. The molecule has 6 nitrogen and oxygen atoms in total. The Morgan fingerprint density at radius 3 is 2.50 bits per heavy atom. The molecular weight excluding hydrogens is 252 g/mol. The first-order valence-corrected chi connectivity index (χ1v) is 7.31. The average Bonchev–Trinajstić information content (AvgIpc) is 2.40. The highest BCUT2D eigenvalue weighted by atomic mass is 15.4. The van der Waals surface area contributed by atoms with Crippen molar-refractivity contribution in [2.75, 3.05) is 70.2 Å². The zero-order valence-corrected chi connectivity index (χ0v) is 12.7. The summed E-state index contributed by atoms with van der Waals surface area (Å²) in [5.41, 5.74) is 0. The summed E-state index contributed by atoms with van der Waals surface area (Å²) < 4.78 is 0. The quantitative estimate of drug-likeness (QED) is 0.772. The molecule has 2 fully saturated rings. The average molecular weight is 276 g/mol. The van der Waals surface area contributed by atoms with Crippen LogP contribution < -0.4 is 9.80 Å². The molecule has 0 atom stereocenters. The van der Waals surface area contributed by atoms with Crippen molar-refractivity contribution in [3.8, 4) is 0 Å². The van der Waals surface area contributed by atoms with Crippen LogP contribution in [-0.2, 0) is 0 Å². The molecule has 110 valence electrons. The van der Waals surface area contributed by atoms with Gasteiger partial charge >= 0.3 is 0 Å². The van der Waals surface area contributed by atoms with Crippen LogP contribution in [0.5, 0.6) is 0 Å². The molecule has 0 saturated carbocycles. The molecule has 0 radical (unpaired) electrons. The number of nitrogens with zero attached hydrogens (tertiary/aromatic N) is 6. The fourth-order valence-corrected chi connectivity index (χ4v) is 2.79. The van der Waals surface area contributed by atoms with Gasteiger partial charge in [0.15, 0.2) is 0 Å². The van der Waals surface area contributed by atoms with E-state index >= 15 is 0 Å². The number of piperazine rings is 1. The maximum atomic E-state index is 4.60. The maximum Gasteiger partial charge on any atom is 0.226 e. The Kier molecular flexibility index (Phi) is 3.76. The smallest absolute Gasteiger partial charge is 0.226 e. The van der Waals surface area contributed by atoms with Crippen molar-refractivity contribution < 1.29 is 0 Å². The second kappa shape index (κ2) is 5.54. The molecule has 20 heavy (non-hydrogen) atoms. The van der Waals surface area contributed by atoms with Crippen LogP contribution in [0.4, 0.5) is 11.8 Å². The van der Waals surface area contributed by atoms with E-state index in [4.69, 9.17) is 0 Å². The van der Waals surface area contributed by atoms with Crippen LogP contribution >= 0.6 is 0 Å². The lowest BCUT2D eigenvalue weighted by Crippen LogP contribution is -2.63. The minimum atomic E-state index is 0.696. The number of likely N-dealkylation sites (N-methyl/N-ethyl adjacent to an activating group) is 1. The molecule has 0 N–H and O–H groups in total. The van der Waals surface area contributed by atoms with Crippen molar-refractivity contribution in [3.05, 3.63) is 12.3 Å². The molecule has 2 saturated heterocycles. The lowest BCUT2D eigenvalue weighted by atomic mass is 10.1. The zero-order valence-electron chi connectivity index (χ0n) is 12.7. The van der Waals surface area contributed by atoms with E-state index < -0.39 is 0 Å². The normalized spacial score (nSPS) is 21.9. The highest BCUT2D eigenvalue weighted by Gasteiger charge is 2.33. The van der Waals surface area contributed by atoms with E-state index in [1.165, 1.54) is 26.2 Å². The Morgan fingerprint density at radius 2 is 1.85 bits per heavy atom. The molecule has 0 amide bonds. The Bertz CT molecular complexity index is 449. The summed E-state index contributed by atoms with van der Waals surface area (Å²) in [7, 11) is 6.15. The molecule has 1 aromatic rings. The number of aromatic nitrogens is 2. The van der Waals surface area contributed by atoms with E-state index in [1.54, 1.807) is 0 Å². The van der Waals surface area contributed by atoms with E-state index in [9.17, 15) is 0 Å². The van der Waals surface area contributed by atoms with Crippen molar-refractivity contribution in [1.82, 2.24) is 19.8 Å². The first-order chi connectivity index (χ1) is 9.63. The molecule has 3 heterocycles. The Morgan fingerprint density at radius 1 is 1.15 bits per heavy atom. The fourth-order valence-electron chi connectivity index (χ4n) is 2.79. The first-order valence-electron chi connectivity index (χ1n) is 7.31. The van der Waals surface area contributed by atoms with Crippen molar-refractivity contribution >= 4 is 11.8 Å². The summed E-state index contributed by atoms with van der Waals surface area (Å²) in [6, 6.07) is 2.70. The molecule has 6 heteroatoms. The molecule has 2 aliphatic heterocycles. The van der Waals surface area contributed by atoms with Crippen molar-refractivity contribution in [1.29, 1.82) is 0 Å². The lowest BCUT2D eigenvalue weighted by molar-refractivity contribution is 0.0961. The van der Waals surface area contributed by atoms with Gasteiger partial charge in [0.2, 0.25) is 5.95 Å². The van der Waals surface area contributed by atoms with E-state index in [-0.39, 0.29) is 0 Å². The van der Waals surface area contributed by atoms with Gasteiger partial charge in [-0.15, -0.1) is 0 Å². The molecule has 2 aliphatic rings. The van der Waals surface area contributed by atoms with E-state index in [0.29, 0.717) is 6.04 Å². The Hall–Kier alpha value is -1.40. The molecule has 1 aromatic heterocycles. The Labute approximate surface area is 121 Å². The Balaban J connectivity index is 1.56. The number of hydrogen-bond acceptors (Lipinski definition) is 6. The maximum absolute atomic E-state index is 4.60. The summed E-state index contributed by atoms with van der Waals surface area (Å²) in [6.07, 6.45) is 1.85. The van der Waals surface area contributed by atoms with Crippen molar-refractivity contribution in [2.24, 2.45) is 0 Å². The summed E-state index contributed by atoms with van der Waals surface area (Å²) in [5.74, 6) is 1.83. The van der Waals surface area contributed by atoms with E-state index in [1.807, 2.05) is 31.3 Å². The predicted molar refractivity (Wildman–Crippen MR) is 81.4 cm³/mol. The van der Waals surface area contributed by atoms with Gasteiger partial charge in [0.05, 0.1) is 0 Å². The van der Waals surface area contributed by atoms with Gasteiger partial charge in [-0.1, -0.05) is 0 Å². The topological polar surface area (TPSA) is 38.7 Å². The minimum absolute atomic E-state index is 0.696. The monoisotopic (exact) mass is 276 g/mol. The third kappa shape index (κ3) is 2.71. The standard InChI is InChI=1S/C14H24N6/c1-17(2)14-15-5-4-13(16-14)20-10-12(11-20)19-8-6-18(3)7-9-19/h4-5,12H,6-11H2,1-3H3. The highest BCUT2D eigenvalue weighted by Crippen LogP contribution is 2.23. The number of anilines is 2. The highest BCUT2D eigenvalue weighted by molar-refractivity contribution is 5.46. The SMILES string of the molecule is CN1CCN(C2CN(c3ccnc(N(C)C)n3)C2)CC1. The zero-order chi connectivity index (χ0) is 14.1. The fraction of sp³-hybridized carbons (Fsp3) is 0.714. The van der Waals surface area contributed by atoms with Gasteiger partial charge in [-0.25, -0.2) is 4.98 Å². The van der Waals surface area contributed by atoms with E-state index in [0.717, 1.165) is 24.9 Å². The van der Waals surface area contributed by atoms with Gasteiger partial charge in [0.25, 0.3) is 0 Å². The molecular formula is C14H24N6. The first kappa shape index (κ1) is 13.6. The van der Waals surface area contributed by atoms with Crippen LogP contribution in [-0.4, -0.2) is 86.2 Å². The molecule has 0 aromatic carbocycles. The third-order valence-electron chi connectivity index (χ3n) is 4.27. The molecule has 0 spiro atoms. The summed E-state index contributed by atoms with van der Waals surface area (Å²) in [6.45, 7) is 6.95. The second-order valence-electron chi connectivity index (χ2n) is 6.01. The molecule has 0 bridgehead atoms. The van der Waals surface area contributed by atoms with Gasteiger partial charge in [-0.2, -0.15) is 4.98 Å². The van der Waals surface area contributed by atoms with Gasteiger partial charge in [-0.05, 0) is 13.1 Å². The van der Waals surface area contributed by atoms with Crippen LogP contribution in [0.2, 0.25) is 0 Å². The van der Waals surface area contributed by atoms with Crippen LogP contribution in [0, 0.1) is 0 Å². The van der Waals surface area contributed by atoms with E-state index in [2.05, 4.69) is 31.7 Å². The van der Waals surface area contributed by atoms with Gasteiger partial charge in [0.1, 0.15) is 5.82 Å². The van der Waals surface area contributed by atoms with Crippen LogP contribution in [0.3, 0.4) is 0 Å². The van der Waals surface area contributed by atoms with Gasteiger partial charge in [-0.3, -0.25) is 4.90 Å². The van der Waals surface area contributed by atoms with Crippen LogP contribution in [0.15, 0.2) is 12.3 Å². The van der Waals surface area contributed by atoms with Crippen LogP contribution in [0.25, 0.3) is 0 Å².